The molecule has 10 atom stereocenters. The molecule has 14 nitrogen and oxygen atoms in total. The Bertz CT molecular complexity index is 2080. The van der Waals surface area contributed by atoms with Crippen molar-refractivity contribution >= 4 is 29.8 Å². The Balaban J connectivity index is 1.02. The number of hydrogen-bond acceptors (Lipinski definition) is 12. The Labute approximate surface area is 389 Å². The van der Waals surface area contributed by atoms with Gasteiger partial charge in [0, 0.05) is 37.8 Å². The smallest absolute Gasteiger partial charge is 0.327 e. The third kappa shape index (κ3) is 10.9. The SMILES string of the molecule is CCCCCC1(CCCCC)O[C@@H]2[C@H](O1)[C@H]1ON(Cc3cccc(C=CC4CCC5OC5C4)c3)[C@H]3C(=O)O[C@@H]2C[C@@]13C(=O)NCc1cccc(C(=O)N[C@H](CO)CCC(=O)OC(C)(C)C)c1. The number of nitrogens with one attached hydrogen (secondary N) is 2. The molecule has 0 spiro atoms. The molecular weight excluding hydrogens is 843 g/mol. The molecular formula is C52H71N3O11. The van der Waals surface area contributed by atoms with Gasteiger partial charge in [0.15, 0.2) is 11.8 Å². The van der Waals surface area contributed by atoms with E-state index in [9.17, 15) is 19.5 Å². The van der Waals surface area contributed by atoms with Gasteiger partial charge in [-0.25, -0.2) is 0 Å². The first-order valence-corrected chi connectivity index (χ1v) is 24.7. The molecule has 2 saturated carbocycles. The number of carbonyl (C=O) groups excluding carboxylic acids is 4. The number of esters is 2. The number of aliphatic hydroxyl groups excluding tert-OH is 1. The fourth-order valence-corrected chi connectivity index (χ4v) is 10.9. The summed E-state index contributed by atoms with van der Waals surface area (Å²) < 4.78 is 31.4. The van der Waals surface area contributed by atoms with Gasteiger partial charge < -0.3 is 39.4 Å². The maximum absolute atomic E-state index is 15.1. The highest BCUT2D eigenvalue weighted by atomic mass is 16.8. The van der Waals surface area contributed by atoms with Crippen LogP contribution in [0.25, 0.3) is 6.08 Å². The molecule has 3 unspecified atom stereocenters. The highest BCUT2D eigenvalue weighted by Gasteiger charge is 2.76. The monoisotopic (exact) mass is 914 g/mol. The largest absolute Gasteiger partial charge is 0.460 e. The second kappa shape index (κ2) is 20.6. The van der Waals surface area contributed by atoms with E-state index in [1.165, 1.54) is 0 Å². The summed E-state index contributed by atoms with van der Waals surface area (Å²) in [6, 6.07) is 13.3. The van der Waals surface area contributed by atoms with Gasteiger partial charge in [-0.15, -0.1) is 0 Å². The summed E-state index contributed by atoms with van der Waals surface area (Å²) in [7, 11) is 0. The molecule has 2 aromatic rings. The fraction of sp³-hybridized carbons (Fsp3) is 0.654. The van der Waals surface area contributed by atoms with Gasteiger partial charge in [-0.1, -0.05) is 88.1 Å². The van der Waals surface area contributed by atoms with E-state index >= 15 is 4.79 Å². The average molecular weight is 914 g/mol. The molecule has 4 saturated heterocycles. The lowest BCUT2D eigenvalue weighted by atomic mass is 9.62. The van der Waals surface area contributed by atoms with Crippen LogP contribution in [0, 0.1) is 11.3 Å². The number of ether oxygens (including phenoxy) is 5. The maximum Gasteiger partial charge on any atom is 0.327 e. The van der Waals surface area contributed by atoms with Gasteiger partial charge in [0.1, 0.15) is 35.4 Å². The van der Waals surface area contributed by atoms with E-state index in [-0.39, 0.29) is 44.9 Å². The van der Waals surface area contributed by atoms with Crippen LogP contribution in [-0.2, 0) is 56.0 Å². The summed E-state index contributed by atoms with van der Waals surface area (Å²) in [5.74, 6) is -2.14. The van der Waals surface area contributed by atoms with Crippen molar-refractivity contribution in [3.8, 4) is 0 Å². The molecule has 0 aromatic heterocycles. The Hall–Kier alpha value is -4.18. The summed E-state index contributed by atoms with van der Waals surface area (Å²) >= 11 is 0. The van der Waals surface area contributed by atoms with Crippen molar-refractivity contribution in [2.24, 2.45) is 11.3 Å². The molecule has 2 aromatic carbocycles. The number of fused-ring (bicyclic) bond motifs is 5. The summed E-state index contributed by atoms with van der Waals surface area (Å²) in [4.78, 5) is 62.2. The van der Waals surface area contributed by atoms with E-state index in [2.05, 4.69) is 48.8 Å². The number of carbonyl (C=O) groups is 4. The van der Waals surface area contributed by atoms with Crippen LogP contribution in [0.5, 0.6) is 0 Å². The van der Waals surface area contributed by atoms with Crippen LogP contribution in [0.1, 0.15) is 152 Å². The number of allylic oxidation sites excluding steroid dienone is 1. The van der Waals surface area contributed by atoms with Crippen LogP contribution in [0.4, 0.5) is 0 Å². The van der Waals surface area contributed by atoms with Crippen LogP contribution in [0.3, 0.4) is 0 Å². The molecule has 66 heavy (non-hydrogen) atoms. The number of hydroxylamine groups is 2. The van der Waals surface area contributed by atoms with Crippen molar-refractivity contribution in [1.82, 2.24) is 15.7 Å². The molecule has 0 radical (unpaired) electrons. The quantitative estimate of drug-likeness (QED) is 0.0652. The minimum atomic E-state index is -1.37. The third-order valence-electron chi connectivity index (χ3n) is 14.2. The second-order valence-corrected chi connectivity index (χ2v) is 20.5. The van der Waals surface area contributed by atoms with Gasteiger partial charge in [0.2, 0.25) is 5.91 Å². The zero-order valence-electron chi connectivity index (χ0n) is 39.5. The molecule has 2 bridgehead atoms. The Morgan fingerprint density at radius 1 is 0.939 bits per heavy atom. The topological polar surface area (TPSA) is 174 Å². The number of amides is 2. The van der Waals surface area contributed by atoms with Gasteiger partial charge >= 0.3 is 11.9 Å². The summed E-state index contributed by atoms with van der Waals surface area (Å²) in [6.45, 7) is 9.63. The normalized spacial score (nSPS) is 30.0. The van der Waals surface area contributed by atoms with Crippen LogP contribution < -0.4 is 10.6 Å². The van der Waals surface area contributed by atoms with Crippen molar-refractivity contribution in [3.63, 3.8) is 0 Å². The van der Waals surface area contributed by atoms with Crippen LogP contribution in [0.2, 0.25) is 0 Å². The van der Waals surface area contributed by atoms with E-state index in [0.29, 0.717) is 42.1 Å². The second-order valence-electron chi connectivity index (χ2n) is 20.5. The molecule has 6 aliphatic rings. The third-order valence-corrected chi connectivity index (χ3v) is 14.2. The number of rotatable bonds is 21. The first kappa shape index (κ1) is 48.3. The first-order valence-electron chi connectivity index (χ1n) is 24.7. The van der Waals surface area contributed by atoms with Gasteiger partial charge in [0.25, 0.3) is 5.91 Å². The number of unbranched alkanes of at least 4 members (excludes halogenated alkanes) is 4. The molecule has 4 heterocycles. The molecule has 2 aliphatic carbocycles. The van der Waals surface area contributed by atoms with Crippen molar-refractivity contribution in [2.45, 2.75) is 198 Å². The highest BCUT2D eigenvalue weighted by molar-refractivity contribution is 5.95. The average Bonchev–Trinajstić information content (AvgIpc) is 3.84. The van der Waals surface area contributed by atoms with Crippen LogP contribution in [0.15, 0.2) is 54.6 Å². The number of nitrogens with zero attached hydrogens (tertiary/aromatic N) is 1. The zero-order chi connectivity index (χ0) is 46.6. The van der Waals surface area contributed by atoms with Crippen molar-refractivity contribution in [1.29, 1.82) is 0 Å². The maximum atomic E-state index is 15.1. The Kier molecular flexibility index (Phi) is 15.1. The number of hydrogen-bond donors (Lipinski definition) is 3. The van der Waals surface area contributed by atoms with E-state index in [0.717, 1.165) is 68.9 Å². The van der Waals surface area contributed by atoms with Gasteiger partial charge in [-0.2, -0.15) is 5.06 Å². The number of epoxide rings is 1. The van der Waals surface area contributed by atoms with Crippen LogP contribution in [-0.4, -0.2) is 101 Å². The minimum absolute atomic E-state index is 0.0345. The van der Waals surface area contributed by atoms with Crippen molar-refractivity contribution < 1.29 is 52.8 Å². The lowest BCUT2D eigenvalue weighted by Gasteiger charge is -2.48. The molecule has 360 valence electrons. The minimum Gasteiger partial charge on any atom is -0.460 e. The standard InChI is InChI=1S/C52H71N3O11/c1-6-8-10-24-51(25-11-9-7-2)64-43-41-29-52(49(60)53-30-35-15-13-17-37(27-35)47(58)54-38(32-56)21-23-42(57)63-50(3,4)5)45(48(59)62-41)55(66-46(52)44(43)65-51)31-36-16-12-14-33(26-36)18-19-34-20-22-39-40(28-34)61-39/h12-19,26-27,34,38-41,43-46,56H,6-11,20-25,28-32H2,1-5H3,(H,53,60)(H,54,58)/t34?,38-,39?,40?,41+,43-,44-,45-,46+,52-/m0/s1. The summed E-state index contributed by atoms with van der Waals surface area (Å²) in [6.07, 6.45) is 13.6. The van der Waals surface area contributed by atoms with Crippen LogP contribution >= 0.6 is 0 Å². The van der Waals surface area contributed by atoms with Gasteiger partial charge in [0.05, 0.1) is 31.4 Å². The van der Waals surface area contributed by atoms with E-state index < -0.39 is 71.1 Å². The molecule has 8 rings (SSSR count). The summed E-state index contributed by atoms with van der Waals surface area (Å²) in [5.41, 5.74) is 0.942. The zero-order valence-corrected chi connectivity index (χ0v) is 39.5. The molecule has 4 aliphatic heterocycles. The predicted octanol–water partition coefficient (Wildman–Crippen LogP) is 7.24. The van der Waals surface area contributed by atoms with E-state index in [1.54, 1.807) is 44.0 Å². The fourth-order valence-electron chi connectivity index (χ4n) is 10.9. The first-order chi connectivity index (χ1) is 31.7. The lowest BCUT2D eigenvalue weighted by Crippen LogP contribution is -2.69. The van der Waals surface area contributed by atoms with Gasteiger partial charge in [-0.05, 0) is 94.0 Å². The Morgan fingerprint density at radius 3 is 2.41 bits per heavy atom. The number of aliphatic hydroxyl groups is 1. The molecule has 3 N–H and O–H groups in total. The molecule has 14 heteroatoms. The Morgan fingerprint density at radius 2 is 1.68 bits per heavy atom. The molecule has 6 fully saturated rings. The predicted molar refractivity (Wildman–Crippen MR) is 245 cm³/mol. The van der Waals surface area contributed by atoms with Crippen molar-refractivity contribution in [3.05, 3.63) is 76.9 Å². The van der Waals surface area contributed by atoms with Crippen molar-refractivity contribution in [2.75, 3.05) is 6.61 Å². The van der Waals surface area contributed by atoms with E-state index in [4.69, 9.17) is 28.5 Å². The lowest BCUT2D eigenvalue weighted by molar-refractivity contribution is -0.224. The number of benzene rings is 2. The van der Waals surface area contributed by atoms with E-state index in [1.807, 2.05) is 18.2 Å². The highest BCUT2D eigenvalue weighted by Crippen LogP contribution is 2.58. The van der Waals surface area contributed by atoms with Gasteiger partial charge in [-0.3, -0.25) is 24.0 Å². The summed E-state index contributed by atoms with van der Waals surface area (Å²) in [5, 5.41) is 17.6. The molecule has 2 amide bonds.